The maximum Gasteiger partial charge on any atom is 0.0834 e. The zero-order chi connectivity index (χ0) is 14.0. The van der Waals surface area contributed by atoms with Crippen LogP contribution in [-0.4, -0.2) is 73.0 Å². The Hall–Kier alpha value is -0.160. The molecule has 0 aliphatic carbocycles. The van der Waals surface area contributed by atoms with Crippen molar-refractivity contribution in [2.75, 3.05) is 45.9 Å². The lowest BCUT2D eigenvalue weighted by Gasteiger charge is -2.37. The maximum absolute atomic E-state index is 10.4. The van der Waals surface area contributed by atoms with Gasteiger partial charge in [-0.1, -0.05) is 13.3 Å². The van der Waals surface area contributed by atoms with Gasteiger partial charge in [-0.25, -0.2) is 0 Å². The molecule has 2 atom stereocenters. The van der Waals surface area contributed by atoms with Crippen molar-refractivity contribution >= 4 is 0 Å². The van der Waals surface area contributed by atoms with E-state index < -0.39 is 0 Å². The van der Waals surface area contributed by atoms with Crippen LogP contribution in [0.4, 0.5) is 0 Å². The first-order valence-electron chi connectivity index (χ1n) is 8.39. The Kier molecular flexibility index (Phi) is 4.65. The van der Waals surface area contributed by atoms with Gasteiger partial charge in [0.05, 0.1) is 6.10 Å². The lowest BCUT2D eigenvalue weighted by molar-refractivity contribution is 0.00677. The van der Waals surface area contributed by atoms with E-state index >= 15 is 0 Å². The molecule has 0 aromatic rings. The van der Waals surface area contributed by atoms with Crippen molar-refractivity contribution in [2.24, 2.45) is 5.41 Å². The second-order valence-electron chi connectivity index (χ2n) is 7.35. The third kappa shape index (κ3) is 3.35. The quantitative estimate of drug-likeness (QED) is 0.847. The van der Waals surface area contributed by atoms with Gasteiger partial charge in [-0.3, -0.25) is 9.80 Å². The van der Waals surface area contributed by atoms with E-state index in [-0.39, 0.29) is 6.10 Å². The topological polar surface area (TPSA) is 35.9 Å². The van der Waals surface area contributed by atoms with Gasteiger partial charge in [-0.05, 0) is 44.2 Å². The Morgan fingerprint density at radius 2 is 1.80 bits per heavy atom. The predicted molar refractivity (Wildman–Crippen MR) is 79.8 cm³/mol. The third-order valence-corrected chi connectivity index (χ3v) is 5.50. The summed E-state index contributed by atoms with van der Waals surface area (Å²) < 4.78 is 5.49. The Morgan fingerprint density at radius 3 is 2.50 bits per heavy atom. The smallest absolute Gasteiger partial charge is 0.0834 e. The minimum absolute atomic E-state index is 0.156. The summed E-state index contributed by atoms with van der Waals surface area (Å²) in [6, 6.07) is 0.374. The number of rotatable bonds is 3. The van der Waals surface area contributed by atoms with Crippen LogP contribution in [0.1, 0.15) is 39.0 Å². The van der Waals surface area contributed by atoms with E-state index in [9.17, 15) is 5.11 Å². The number of aliphatic hydroxyl groups is 1. The number of nitrogens with zero attached hydrogens (tertiary/aromatic N) is 2. The van der Waals surface area contributed by atoms with Crippen molar-refractivity contribution in [3.8, 4) is 0 Å². The Labute approximate surface area is 123 Å². The van der Waals surface area contributed by atoms with Crippen molar-refractivity contribution in [2.45, 2.75) is 51.2 Å². The molecule has 0 aromatic heterocycles. The molecule has 0 spiro atoms. The summed E-state index contributed by atoms with van der Waals surface area (Å²) in [7, 11) is 0. The Bertz CT molecular complexity index is 312. The number of hydrogen-bond acceptors (Lipinski definition) is 4. The number of piperidine rings is 1. The van der Waals surface area contributed by atoms with Crippen molar-refractivity contribution < 1.29 is 9.84 Å². The second-order valence-corrected chi connectivity index (χ2v) is 7.35. The van der Waals surface area contributed by atoms with E-state index in [0.29, 0.717) is 11.5 Å². The van der Waals surface area contributed by atoms with Gasteiger partial charge in [0.25, 0.3) is 0 Å². The van der Waals surface area contributed by atoms with Crippen LogP contribution in [0.15, 0.2) is 0 Å². The molecule has 3 rings (SSSR count). The highest BCUT2D eigenvalue weighted by Crippen LogP contribution is 2.32. The average molecular weight is 282 g/mol. The summed E-state index contributed by atoms with van der Waals surface area (Å²) in [5, 5.41) is 10.4. The van der Waals surface area contributed by atoms with Gasteiger partial charge >= 0.3 is 0 Å². The van der Waals surface area contributed by atoms with Crippen LogP contribution in [0.2, 0.25) is 0 Å². The van der Waals surface area contributed by atoms with Crippen LogP contribution in [0.25, 0.3) is 0 Å². The summed E-state index contributed by atoms with van der Waals surface area (Å²) >= 11 is 0. The number of ether oxygens (including phenoxy) is 1. The number of likely N-dealkylation sites (tertiary alicyclic amines) is 2. The molecule has 4 nitrogen and oxygen atoms in total. The molecule has 3 saturated heterocycles. The SMILES string of the molecule is CC1(CN2C[C@H](O)[C@@H](N3CCCCC3)C2)CCOCC1. The van der Waals surface area contributed by atoms with Crippen LogP contribution < -0.4 is 0 Å². The monoisotopic (exact) mass is 282 g/mol. The molecule has 0 amide bonds. The van der Waals surface area contributed by atoms with Gasteiger partial charge < -0.3 is 9.84 Å². The lowest BCUT2D eigenvalue weighted by Crippen LogP contribution is -2.46. The van der Waals surface area contributed by atoms with Gasteiger partial charge in [0.15, 0.2) is 0 Å². The summed E-state index contributed by atoms with van der Waals surface area (Å²) in [6.07, 6.45) is 6.14. The largest absolute Gasteiger partial charge is 0.390 e. The average Bonchev–Trinajstić information content (AvgIpc) is 2.80. The molecule has 3 fully saturated rings. The fourth-order valence-electron chi connectivity index (χ4n) is 4.15. The maximum atomic E-state index is 10.4. The molecule has 0 radical (unpaired) electrons. The van der Waals surface area contributed by atoms with Crippen LogP contribution in [0.3, 0.4) is 0 Å². The molecule has 0 unspecified atom stereocenters. The fourth-order valence-corrected chi connectivity index (χ4v) is 4.15. The molecule has 20 heavy (non-hydrogen) atoms. The van der Waals surface area contributed by atoms with E-state index in [4.69, 9.17) is 4.74 Å². The van der Waals surface area contributed by atoms with Gasteiger partial charge in [0.2, 0.25) is 0 Å². The highest BCUT2D eigenvalue weighted by atomic mass is 16.5. The molecular weight excluding hydrogens is 252 g/mol. The molecule has 3 aliphatic rings. The van der Waals surface area contributed by atoms with E-state index in [1.54, 1.807) is 0 Å². The van der Waals surface area contributed by atoms with Crippen molar-refractivity contribution in [3.05, 3.63) is 0 Å². The fraction of sp³-hybridized carbons (Fsp3) is 1.00. The Balaban J connectivity index is 1.54. The molecular formula is C16H30N2O2. The first-order valence-corrected chi connectivity index (χ1v) is 8.39. The van der Waals surface area contributed by atoms with Crippen molar-refractivity contribution in [1.29, 1.82) is 0 Å². The minimum atomic E-state index is -0.156. The first-order chi connectivity index (χ1) is 9.66. The zero-order valence-corrected chi connectivity index (χ0v) is 12.9. The lowest BCUT2D eigenvalue weighted by atomic mass is 9.82. The van der Waals surface area contributed by atoms with Crippen LogP contribution in [0, 0.1) is 5.41 Å². The van der Waals surface area contributed by atoms with E-state index in [1.165, 1.54) is 32.4 Å². The minimum Gasteiger partial charge on any atom is -0.390 e. The molecule has 0 aromatic carbocycles. The summed E-state index contributed by atoms with van der Waals surface area (Å²) in [5.41, 5.74) is 0.384. The van der Waals surface area contributed by atoms with E-state index in [2.05, 4.69) is 16.7 Å². The van der Waals surface area contributed by atoms with Gasteiger partial charge in [-0.15, -0.1) is 0 Å². The van der Waals surface area contributed by atoms with Crippen molar-refractivity contribution in [1.82, 2.24) is 9.80 Å². The highest BCUT2D eigenvalue weighted by Gasteiger charge is 2.39. The first kappa shape index (κ1) is 14.8. The standard InChI is InChI=1S/C16H30N2O2/c1-16(5-9-20-10-6-16)13-17-11-14(15(19)12-17)18-7-3-2-4-8-18/h14-15,19H,2-13H2,1H3/t14-,15-/m0/s1. The van der Waals surface area contributed by atoms with Crippen LogP contribution in [0.5, 0.6) is 0 Å². The number of aliphatic hydroxyl groups excluding tert-OH is 1. The summed E-state index contributed by atoms with van der Waals surface area (Å²) in [5.74, 6) is 0. The molecule has 3 heterocycles. The normalized spacial score (nSPS) is 36.3. The zero-order valence-electron chi connectivity index (χ0n) is 12.9. The predicted octanol–water partition coefficient (Wildman–Crippen LogP) is 1.33. The van der Waals surface area contributed by atoms with E-state index in [1.807, 2.05) is 0 Å². The Morgan fingerprint density at radius 1 is 1.10 bits per heavy atom. The molecule has 0 bridgehead atoms. The van der Waals surface area contributed by atoms with Crippen LogP contribution in [-0.2, 0) is 4.74 Å². The van der Waals surface area contributed by atoms with Crippen LogP contribution >= 0.6 is 0 Å². The second kappa shape index (κ2) is 6.30. The van der Waals surface area contributed by atoms with Gasteiger partial charge in [0, 0.05) is 38.9 Å². The summed E-state index contributed by atoms with van der Waals surface area (Å²) in [6.45, 7) is 9.59. The molecule has 1 N–H and O–H groups in total. The van der Waals surface area contributed by atoms with Gasteiger partial charge in [-0.2, -0.15) is 0 Å². The molecule has 3 aliphatic heterocycles. The molecule has 4 heteroatoms. The highest BCUT2D eigenvalue weighted by molar-refractivity contribution is 4.94. The van der Waals surface area contributed by atoms with E-state index in [0.717, 1.165) is 45.7 Å². The van der Waals surface area contributed by atoms with Gasteiger partial charge in [0.1, 0.15) is 0 Å². The third-order valence-electron chi connectivity index (χ3n) is 5.50. The van der Waals surface area contributed by atoms with Crippen molar-refractivity contribution in [3.63, 3.8) is 0 Å². The molecule has 0 saturated carbocycles. The molecule has 116 valence electrons. The summed E-state index contributed by atoms with van der Waals surface area (Å²) in [4.78, 5) is 5.02. The number of hydrogen-bond donors (Lipinski definition) is 1. The number of β-amino-alcohol motifs (C(OH)–C–C–N with tert-alkyl or cyclic N) is 1.